The summed E-state index contributed by atoms with van der Waals surface area (Å²) in [6.45, 7) is 8.45. The number of carbonyl (C=O) groups is 1. The summed E-state index contributed by atoms with van der Waals surface area (Å²) in [6.07, 6.45) is 1.03. The lowest BCUT2D eigenvalue weighted by Crippen LogP contribution is -2.20. The number of hydrogen-bond acceptors (Lipinski definition) is 4. The van der Waals surface area contributed by atoms with Gasteiger partial charge in [-0.3, -0.25) is 10.1 Å². The third-order valence-corrected chi connectivity index (χ3v) is 4.56. The molecule has 0 spiro atoms. The van der Waals surface area contributed by atoms with Crippen LogP contribution >= 0.6 is 11.3 Å². The second-order valence-electron chi connectivity index (χ2n) is 5.92. The molecule has 1 aromatic carbocycles. The standard InChI is InChI=1S/C18H24N2O2S/c1-5-13(4)14-8-6-7-9-16(14)22-10-17(21)20-18-19-15(11-23-18)12(2)3/h6-9,11-13H,5,10H2,1-4H3,(H,19,20,21). The number of rotatable bonds is 7. The van der Waals surface area contributed by atoms with Crippen molar-refractivity contribution in [3.63, 3.8) is 0 Å². The van der Waals surface area contributed by atoms with Crippen LogP contribution in [0.15, 0.2) is 29.6 Å². The monoisotopic (exact) mass is 332 g/mol. The predicted molar refractivity (Wildman–Crippen MR) is 95.5 cm³/mol. The Morgan fingerprint density at radius 1 is 1.30 bits per heavy atom. The first-order chi connectivity index (χ1) is 11.0. The van der Waals surface area contributed by atoms with Crippen LogP contribution in [0.2, 0.25) is 0 Å². The quantitative estimate of drug-likeness (QED) is 0.792. The van der Waals surface area contributed by atoms with E-state index in [1.54, 1.807) is 0 Å². The summed E-state index contributed by atoms with van der Waals surface area (Å²) in [4.78, 5) is 16.4. The first kappa shape index (κ1) is 17.5. The van der Waals surface area contributed by atoms with E-state index in [2.05, 4.69) is 44.1 Å². The molecule has 0 saturated carbocycles. The van der Waals surface area contributed by atoms with E-state index >= 15 is 0 Å². The molecule has 0 saturated heterocycles. The van der Waals surface area contributed by atoms with E-state index in [9.17, 15) is 4.79 Å². The van der Waals surface area contributed by atoms with Gasteiger partial charge in [0.15, 0.2) is 11.7 Å². The molecule has 0 radical (unpaired) electrons. The summed E-state index contributed by atoms with van der Waals surface area (Å²) in [5.74, 6) is 1.35. The molecular formula is C18H24N2O2S. The first-order valence-electron chi connectivity index (χ1n) is 7.98. The van der Waals surface area contributed by atoms with Gasteiger partial charge in [0, 0.05) is 5.38 Å². The van der Waals surface area contributed by atoms with Crippen molar-refractivity contribution in [2.75, 3.05) is 11.9 Å². The largest absolute Gasteiger partial charge is 0.483 e. The van der Waals surface area contributed by atoms with Gasteiger partial charge in [0.05, 0.1) is 5.69 Å². The number of hydrogen-bond donors (Lipinski definition) is 1. The van der Waals surface area contributed by atoms with E-state index in [4.69, 9.17) is 4.74 Å². The van der Waals surface area contributed by atoms with Gasteiger partial charge < -0.3 is 4.74 Å². The fourth-order valence-corrected chi connectivity index (χ4v) is 3.03. The first-order valence-corrected chi connectivity index (χ1v) is 8.86. The number of ether oxygens (including phenoxy) is 1. The second kappa shape index (κ2) is 8.11. The van der Waals surface area contributed by atoms with Crippen molar-refractivity contribution in [2.45, 2.75) is 46.0 Å². The number of benzene rings is 1. The smallest absolute Gasteiger partial charge is 0.264 e. The number of carbonyl (C=O) groups excluding carboxylic acids is 1. The summed E-state index contributed by atoms with van der Waals surface area (Å²) in [5, 5.41) is 5.39. The molecule has 4 nitrogen and oxygen atoms in total. The highest BCUT2D eigenvalue weighted by Gasteiger charge is 2.12. The second-order valence-corrected chi connectivity index (χ2v) is 6.77. The van der Waals surface area contributed by atoms with Crippen LogP contribution in [0, 0.1) is 0 Å². The minimum Gasteiger partial charge on any atom is -0.483 e. The number of thiazole rings is 1. The van der Waals surface area contributed by atoms with Gasteiger partial charge in [0.2, 0.25) is 0 Å². The molecule has 5 heteroatoms. The maximum Gasteiger partial charge on any atom is 0.264 e. The predicted octanol–water partition coefficient (Wildman–Crippen LogP) is 4.80. The normalized spacial score (nSPS) is 12.2. The van der Waals surface area contributed by atoms with Gasteiger partial charge in [-0.2, -0.15) is 0 Å². The molecule has 124 valence electrons. The third-order valence-electron chi connectivity index (χ3n) is 3.78. The average Bonchev–Trinajstić information content (AvgIpc) is 3.01. The van der Waals surface area contributed by atoms with Crippen molar-refractivity contribution < 1.29 is 9.53 Å². The van der Waals surface area contributed by atoms with Crippen molar-refractivity contribution >= 4 is 22.4 Å². The average molecular weight is 332 g/mol. The van der Waals surface area contributed by atoms with Crippen LogP contribution in [-0.4, -0.2) is 17.5 Å². The van der Waals surface area contributed by atoms with E-state index < -0.39 is 0 Å². The van der Waals surface area contributed by atoms with Gasteiger partial charge in [0.25, 0.3) is 5.91 Å². The number of anilines is 1. The van der Waals surface area contributed by atoms with Gasteiger partial charge >= 0.3 is 0 Å². The summed E-state index contributed by atoms with van der Waals surface area (Å²) < 4.78 is 5.71. The van der Waals surface area contributed by atoms with E-state index in [0.29, 0.717) is 17.0 Å². The topological polar surface area (TPSA) is 51.2 Å². The zero-order valence-electron chi connectivity index (χ0n) is 14.1. The summed E-state index contributed by atoms with van der Waals surface area (Å²) in [7, 11) is 0. The lowest BCUT2D eigenvalue weighted by Gasteiger charge is -2.15. The van der Waals surface area contributed by atoms with Crippen molar-refractivity contribution in [3.05, 3.63) is 40.9 Å². The summed E-state index contributed by atoms with van der Waals surface area (Å²) in [6, 6.07) is 7.89. The van der Waals surface area contributed by atoms with E-state index in [-0.39, 0.29) is 12.5 Å². The Hall–Kier alpha value is -1.88. The number of nitrogens with zero attached hydrogens (tertiary/aromatic N) is 1. The minimum atomic E-state index is -0.186. The molecule has 1 amide bonds. The Balaban J connectivity index is 1.94. The molecule has 0 bridgehead atoms. The molecule has 1 atom stereocenters. The molecule has 0 aliphatic heterocycles. The molecule has 2 aromatic rings. The zero-order chi connectivity index (χ0) is 16.8. The summed E-state index contributed by atoms with van der Waals surface area (Å²) in [5.41, 5.74) is 2.13. The van der Waals surface area contributed by atoms with Crippen LogP contribution in [0.5, 0.6) is 5.75 Å². The Morgan fingerprint density at radius 3 is 2.70 bits per heavy atom. The zero-order valence-corrected chi connectivity index (χ0v) is 14.9. The van der Waals surface area contributed by atoms with E-state index in [1.165, 1.54) is 11.3 Å². The molecule has 1 N–H and O–H groups in total. The van der Waals surface area contributed by atoms with Crippen molar-refractivity contribution in [1.82, 2.24) is 4.98 Å². The van der Waals surface area contributed by atoms with Gasteiger partial charge in [-0.1, -0.05) is 45.9 Å². The molecule has 1 heterocycles. The minimum absolute atomic E-state index is 0.00988. The fourth-order valence-electron chi connectivity index (χ4n) is 2.15. The van der Waals surface area contributed by atoms with Gasteiger partial charge in [-0.25, -0.2) is 4.98 Å². The number of aromatic nitrogens is 1. The Bertz CT molecular complexity index is 652. The highest BCUT2D eigenvalue weighted by molar-refractivity contribution is 7.13. The van der Waals surface area contributed by atoms with E-state index in [0.717, 1.165) is 23.4 Å². The highest BCUT2D eigenvalue weighted by Crippen LogP contribution is 2.28. The molecule has 2 rings (SSSR count). The fraction of sp³-hybridized carbons (Fsp3) is 0.444. The number of nitrogens with one attached hydrogen (secondary N) is 1. The Labute approximate surface area is 141 Å². The Kier molecular flexibility index (Phi) is 6.16. The molecule has 1 unspecified atom stereocenters. The van der Waals surface area contributed by atoms with Gasteiger partial charge in [-0.05, 0) is 29.9 Å². The maximum absolute atomic E-state index is 12.0. The maximum atomic E-state index is 12.0. The number of amides is 1. The van der Waals surface area contributed by atoms with Crippen molar-refractivity contribution in [3.8, 4) is 5.75 Å². The van der Waals surface area contributed by atoms with Crippen LogP contribution in [0.4, 0.5) is 5.13 Å². The summed E-state index contributed by atoms with van der Waals surface area (Å²) >= 11 is 1.44. The van der Waals surface area contributed by atoms with Crippen LogP contribution in [-0.2, 0) is 4.79 Å². The number of para-hydroxylation sites is 1. The van der Waals surface area contributed by atoms with Crippen LogP contribution in [0.1, 0.15) is 57.2 Å². The van der Waals surface area contributed by atoms with Crippen molar-refractivity contribution in [1.29, 1.82) is 0 Å². The van der Waals surface area contributed by atoms with Gasteiger partial charge in [-0.15, -0.1) is 11.3 Å². The van der Waals surface area contributed by atoms with Crippen molar-refractivity contribution in [2.24, 2.45) is 0 Å². The van der Waals surface area contributed by atoms with E-state index in [1.807, 2.05) is 23.6 Å². The third kappa shape index (κ3) is 4.79. The van der Waals surface area contributed by atoms with Gasteiger partial charge in [0.1, 0.15) is 5.75 Å². The highest BCUT2D eigenvalue weighted by atomic mass is 32.1. The molecular weight excluding hydrogens is 308 g/mol. The Morgan fingerprint density at radius 2 is 2.04 bits per heavy atom. The SMILES string of the molecule is CCC(C)c1ccccc1OCC(=O)Nc1nc(C(C)C)cs1. The molecule has 1 aromatic heterocycles. The molecule has 0 aliphatic carbocycles. The molecule has 0 aliphatic rings. The molecule has 0 fully saturated rings. The van der Waals surface area contributed by atoms with Crippen LogP contribution in [0.3, 0.4) is 0 Å². The molecule has 23 heavy (non-hydrogen) atoms. The lowest BCUT2D eigenvalue weighted by atomic mass is 9.98. The van der Waals surface area contributed by atoms with Crippen LogP contribution < -0.4 is 10.1 Å². The van der Waals surface area contributed by atoms with Crippen LogP contribution in [0.25, 0.3) is 0 Å². The lowest BCUT2D eigenvalue weighted by molar-refractivity contribution is -0.118.